The van der Waals surface area contributed by atoms with Crippen molar-refractivity contribution in [3.8, 4) is 0 Å². The molecule has 0 unspecified atom stereocenters. The van der Waals surface area contributed by atoms with Gasteiger partial charge >= 0.3 is 0 Å². The van der Waals surface area contributed by atoms with E-state index in [4.69, 9.17) is 34.8 Å². The molecule has 136 valence electrons. The number of piperazine rings is 1. The quantitative estimate of drug-likeness (QED) is 0.804. The number of nitrogens with zero attached hydrogens (tertiary/aromatic N) is 1. The second-order valence-electron chi connectivity index (χ2n) is 5.91. The maximum Gasteiger partial charge on any atom is 0.239 e. The van der Waals surface area contributed by atoms with Crippen LogP contribution in [0, 0.1) is 0 Å². The lowest BCUT2D eigenvalue weighted by Crippen LogP contribution is -2.47. The van der Waals surface area contributed by atoms with E-state index in [1.807, 2.05) is 4.90 Å². The van der Waals surface area contributed by atoms with Crippen LogP contribution in [0.1, 0.15) is 5.56 Å². The van der Waals surface area contributed by atoms with Gasteiger partial charge in [-0.2, -0.15) is 0 Å². The molecule has 2 amide bonds. The SMILES string of the molecule is O=C1CN(c2ccc(NC(=O)Cc3ccc(Cl)c(Cl)c3)cc2Cl)CCN1. The molecule has 5 nitrogen and oxygen atoms in total. The Morgan fingerprint density at radius 2 is 1.88 bits per heavy atom. The molecular weight excluding hydrogens is 397 g/mol. The van der Waals surface area contributed by atoms with Crippen molar-refractivity contribution in [2.75, 3.05) is 29.9 Å². The number of carbonyl (C=O) groups excluding carboxylic acids is 2. The van der Waals surface area contributed by atoms with Gasteiger partial charge in [-0.25, -0.2) is 0 Å². The molecule has 0 aliphatic carbocycles. The molecule has 1 fully saturated rings. The van der Waals surface area contributed by atoms with Gasteiger partial charge in [0, 0.05) is 18.8 Å². The average molecular weight is 413 g/mol. The van der Waals surface area contributed by atoms with Gasteiger partial charge in [-0.1, -0.05) is 40.9 Å². The lowest BCUT2D eigenvalue weighted by atomic mass is 10.1. The van der Waals surface area contributed by atoms with Crippen molar-refractivity contribution >= 4 is 58.0 Å². The number of hydrogen-bond acceptors (Lipinski definition) is 3. The number of rotatable bonds is 4. The number of amides is 2. The topological polar surface area (TPSA) is 61.4 Å². The highest BCUT2D eigenvalue weighted by atomic mass is 35.5. The third kappa shape index (κ3) is 4.61. The van der Waals surface area contributed by atoms with Gasteiger partial charge in [0.25, 0.3) is 0 Å². The summed E-state index contributed by atoms with van der Waals surface area (Å²) in [7, 11) is 0. The highest BCUT2D eigenvalue weighted by Crippen LogP contribution is 2.29. The number of benzene rings is 2. The van der Waals surface area contributed by atoms with Gasteiger partial charge in [-0.15, -0.1) is 0 Å². The molecule has 0 atom stereocenters. The fourth-order valence-corrected chi connectivity index (χ4v) is 3.35. The monoisotopic (exact) mass is 411 g/mol. The lowest BCUT2D eigenvalue weighted by Gasteiger charge is -2.29. The molecular formula is C18H16Cl3N3O2. The van der Waals surface area contributed by atoms with Crippen molar-refractivity contribution in [2.45, 2.75) is 6.42 Å². The fraction of sp³-hybridized carbons (Fsp3) is 0.222. The first-order valence-electron chi connectivity index (χ1n) is 7.97. The van der Waals surface area contributed by atoms with Crippen LogP contribution in [0.4, 0.5) is 11.4 Å². The van der Waals surface area contributed by atoms with Crippen LogP contribution in [0.2, 0.25) is 15.1 Å². The Balaban J connectivity index is 1.66. The minimum atomic E-state index is -0.190. The number of nitrogens with one attached hydrogen (secondary N) is 2. The molecule has 1 aliphatic rings. The Bertz CT molecular complexity index is 858. The zero-order chi connectivity index (χ0) is 18.7. The Hall–Kier alpha value is -1.95. The van der Waals surface area contributed by atoms with E-state index in [1.165, 1.54) is 0 Å². The number of halogens is 3. The van der Waals surface area contributed by atoms with E-state index < -0.39 is 0 Å². The molecule has 3 rings (SSSR count). The van der Waals surface area contributed by atoms with Crippen LogP contribution in [0.25, 0.3) is 0 Å². The highest BCUT2D eigenvalue weighted by molar-refractivity contribution is 6.42. The predicted molar refractivity (Wildman–Crippen MR) is 105 cm³/mol. The second-order valence-corrected chi connectivity index (χ2v) is 7.13. The summed E-state index contributed by atoms with van der Waals surface area (Å²) in [6.45, 7) is 1.54. The summed E-state index contributed by atoms with van der Waals surface area (Å²) in [4.78, 5) is 25.6. The normalized spacial score (nSPS) is 14.1. The van der Waals surface area contributed by atoms with Gasteiger partial charge in [0.05, 0.1) is 33.7 Å². The number of hydrogen-bond donors (Lipinski definition) is 2. The minimum absolute atomic E-state index is 0.0358. The molecule has 0 spiro atoms. The molecule has 0 aromatic heterocycles. The highest BCUT2D eigenvalue weighted by Gasteiger charge is 2.19. The molecule has 2 N–H and O–H groups in total. The molecule has 0 radical (unpaired) electrons. The van der Waals surface area contributed by atoms with Gasteiger partial charge in [0.15, 0.2) is 0 Å². The van der Waals surface area contributed by atoms with Gasteiger partial charge in [-0.3, -0.25) is 9.59 Å². The van der Waals surface area contributed by atoms with E-state index in [2.05, 4.69) is 10.6 Å². The van der Waals surface area contributed by atoms with Crippen molar-refractivity contribution in [2.24, 2.45) is 0 Å². The van der Waals surface area contributed by atoms with Crippen LogP contribution in [0.5, 0.6) is 0 Å². The Morgan fingerprint density at radius 1 is 1.08 bits per heavy atom. The standard InChI is InChI=1S/C18H16Cl3N3O2/c19-13-3-1-11(7-14(13)20)8-17(25)23-12-2-4-16(15(21)9-12)24-6-5-22-18(26)10-24/h1-4,7,9H,5-6,8,10H2,(H,22,26)(H,23,25). The van der Waals surface area contributed by atoms with E-state index in [9.17, 15) is 9.59 Å². The Labute approximate surface area is 166 Å². The van der Waals surface area contributed by atoms with Gasteiger partial charge in [0.1, 0.15) is 0 Å². The fourth-order valence-electron chi connectivity index (χ4n) is 2.73. The van der Waals surface area contributed by atoms with Gasteiger partial charge in [0.2, 0.25) is 11.8 Å². The van der Waals surface area contributed by atoms with Gasteiger partial charge in [-0.05, 0) is 35.9 Å². The van der Waals surface area contributed by atoms with Crippen molar-refractivity contribution in [1.29, 1.82) is 0 Å². The van der Waals surface area contributed by atoms with Crippen molar-refractivity contribution < 1.29 is 9.59 Å². The molecule has 1 aliphatic heterocycles. The maximum absolute atomic E-state index is 12.2. The molecule has 1 saturated heterocycles. The first-order valence-corrected chi connectivity index (χ1v) is 9.11. The number of carbonyl (C=O) groups is 2. The first-order chi connectivity index (χ1) is 12.4. The van der Waals surface area contributed by atoms with Crippen molar-refractivity contribution in [3.63, 3.8) is 0 Å². The van der Waals surface area contributed by atoms with E-state index in [0.717, 1.165) is 11.3 Å². The van der Waals surface area contributed by atoms with Crippen LogP contribution in [-0.2, 0) is 16.0 Å². The third-order valence-electron chi connectivity index (χ3n) is 3.96. The summed E-state index contributed by atoms with van der Waals surface area (Å²) in [6, 6.07) is 10.3. The Morgan fingerprint density at radius 3 is 2.58 bits per heavy atom. The van der Waals surface area contributed by atoms with Crippen LogP contribution in [-0.4, -0.2) is 31.4 Å². The summed E-state index contributed by atoms with van der Waals surface area (Å²) in [5.74, 6) is -0.226. The summed E-state index contributed by atoms with van der Waals surface area (Å²) in [6.07, 6.45) is 0.169. The molecule has 26 heavy (non-hydrogen) atoms. The molecule has 8 heteroatoms. The van der Waals surface area contributed by atoms with E-state index >= 15 is 0 Å². The second kappa shape index (κ2) is 8.16. The number of anilines is 2. The molecule has 2 aromatic carbocycles. The van der Waals surface area contributed by atoms with E-state index in [1.54, 1.807) is 36.4 Å². The molecule has 1 heterocycles. The minimum Gasteiger partial charge on any atom is -0.359 e. The van der Waals surface area contributed by atoms with Crippen LogP contribution >= 0.6 is 34.8 Å². The van der Waals surface area contributed by atoms with Crippen molar-refractivity contribution in [1.82, 2.24) is 5.32 Å². The summed E-state index contributed by atoms with van der Waals surface area (Å²) in [5, 5.41) is 6.92. The van der Waals surface area contributed by atoms with Crippen LogP contribution < -0.4 is 15.5 Å². The predicted octanol–water partition coefficient (Wildman–Crippen LogP) is 3.76. The molecule has 0 bridgehead atoms. The smallest absolute Gasteiger partial charge is 0.239 e. The zero-order valence-electron chi connectivity index (χ0n) is 13.7. The summed E-state index contributed by atoms with van der Waals surface area (Å²) in [5.41, 5.74) is 2.12. The summed E-state index contributed by atoms with van der Waals surface area (Å²) < 4.78 is 0. The third-order valence-corrected chi connectivity index (χ3v) is 5.00. The maximum atomic E-state index is 12.2. The van der Waals surface area contributed by atoms with Crippen molar-refractivity contribution in [3.05, 3.63) is 57.0 Å². The zero-order valence-corrected chi connectivity index (χ0v) is 16.0. The summed E-state index contributed by atoms with van der Waals surface area (Å²) >= 11 is 18.2. The van der Waals surface area contributed by atoms with E-state index in [0.29, 0.717) is 33.8 Å². The molecule has 2 aromatic rings. The lowest BCUT2D eigenvalue weighted by molar-refractivity contribution is -0.120. The Kier molecular flexibility index (Phi) is 5.91. The largest absolute Gasteiger partial charge is 0.359 e. The van der Waals surface area contributed by atoms with Gasteiger partial charge < -0.3 is 15.5 Å². The van der Waals surface area contributed by atoms with Crippen LogP contribution in [0.3, 0.4) is 0 Å². The first kappa shape index (κ1) is 18.8. The van der Waals surface area contributed by atoms with E-state index in [-0.39, 0.29) is 24.8 Å². The average Bonchev–Trinajstić information content (AvgIpc) is 2.58. The molecule has 0 saturated carbocycles. The van der Waals surface area contributed by atoms with Crippen LogP contribution in [0.15, 0.2) is 36.4 Å².